The fraction of sp³-hybridized carbons (Fsp3) is 0.500. The molecule has 1 fully saturated rings. The van der Waals surface area contributed by atoms with E-state index in [2.05, 4.69) is 24.3 Å². The summed E-state index contributed by atoms with van der Waals surface area (Å²) in [6.45, 7) is 12.7. The van der Waals surface area contributed by atoms with Gasteiger partial charge in [0, 0.05) is 36.3 Å². The van der Waals surface area contributed by atoms with Gasteiger partial charge in [0.25, 0.3) is 0 Å². The Bertz CT molecular complexity index is 1140. The summed E-state index contributed by atoms with van der Waals surface area (Å²) in [7, 11) is 0. The van der Waals surface area contributed by atoms with Crippen LogP contribution in [0, 0.1) is 20.8 Å². The lowest BCUT2D eigenvalue weighted by molar-refractivity contribution is -0.122. The summed E-state index contributed by atoms with van der Waals surface area (Å²) in [5, 5.41) is 8.65. The van der Waals surface area contributed by atoms with Crippen LogP contribution in [0.25, 0.3) is 10.9 Å². The highest BCUT2D eigenvalue weighted by atomic mass is 16.5. The largest absolute Gasteiger partial charge is 0.494 e. The molecule has 0 bridgehead atoms. The van der Waals surface area contributed by atoms with Crippen molar-refractivity contribution in [3.63, 3.8) is 0 Å². The Balaban J connectivity index is 1.53. The molecule has 1 amide bonds. The van der Waals surface area contributed by atoms with Crippen molar-refractivity contribution in [2.75, 3.05) is 18.1 Å². The van der Waals surface area contributed by atoms with E-state index in [1.165, 1.54) is 0 Å². The zero-order valence-electron chi connectivity index (χ0n) is 19.6. The molecule has 0 radical (unpaired) electrons. The minimum atomic E-state index is -0.267. The fourth-order valence-electron chi connectivity index (χ4n) is 4.50. The molecule has 3 aromatic rings. The average molecular weight is 437 g/mol. The Morgan fingerprint density at radius 2 is 2.00 bits per heavy atom. The van der Waals surface area contributed by atoms with Gasteiger partial charge in [0.2, 0.25) is 11.9 Å². The van der Waals surface area contributed by atoms with Crippen LogP contribution in [-0.2, 0) is 17.9 Å². The van der Waals surface area contributed by atoms with E-state index < -0.39 is 0 Å². The predicted molar refractivity (Wildman–Crippen MR) is 125 cm³/mol. The molecule has 8 heteroatoms. The van der Waals surface area contributed by atoms with Crippen molar-refractivity contribution in [3.8, 4) is 5.75 Å². The van der Waals surface area contributed by atoms with E-state index in [-0.39, 0.29) is 11.9 Å². The van der Waals surface area contributed by atoms with Gasteiger partial charge in [0.1, 0.15) is 11.8 Å². The zero-order chi connectivity index (χ0) is 22.8. The number of hydrogen-bond acceptors (Lipinski definition) is 6. The van der Waals surface area contributed by atoms with Gasteiger partial charge in [-0.2, -0.15) is 5.10 Å². The van der Waals surface area contributed by atoms with Gasteiger partial charge in [-0.3, -0.25) is 9.48 Å². The molecule has 170 valence electrons. The third kappa shape index (κ3) is 4.13. The van der Waals surface area contributed by atoms with E-state index >= 15 is 0 Å². The number of nitrogens with one attached hydrogen (secondary N) is 1. The normalized spacial score (nSPS) is 16.0. The van der Waals surface area contributed by atoms with Gasteiger partial charge in [0.15, 0.2) is 0 Å². The van der Waals surface area contributed by atoms with Crippen LogP contribution in [0.3, 0.4) is 0 Å². The number of amides is 1. The quantitative estimate of drug-likeness (QED) is 0.611. The summed E-state index contributed by atoms with van der Waals surface area (Å²) in [5.74, 6) is 1.44. The molecule has 1 aliphatic rings. The predicted octanol–water partition coefficient (Wildman–Crippen LogP) is 3.46. The standard InChI is InChI=1S/C24H32N6O2/c1-6-30-17(5)20(16(4)28-30)14-25-23(31)22-9-8-12-29(22)24-26-15(3)19-13-18(32-7-2)10-11-21(19)27-24/h10-11,13,22H,6-9,12,14H2,1-5H3,(H,25,31). The average Bonchev–Trinajstić information content (AvgIpc) is 3.37. The van der Waals surface area contributed by atoms with Crippen LogP contribution in [0.15, 0.2) is 18.2 Å². The van der Waals surface area contributed by atoms with Crippen molar-refractivity contribution < 1.29 is 9.53 Å². The number of anilines is 1. The number of fused-ring (bicyclic) bond motifs is 1. The number of hydrogen-bond donors (Lipinski definition) is 1. The zero-order valence-corrected chi connectivity index (χ0v) is 19.6. The lowest BCUT2D eigenvalue weighted by Crippen LogP contribution is -2.44. The summed E-state index contributed by atoms with van der Waals surface area (Å²) in [4.78, 5) is 24.7. The first-order valence-electron chi connectivity index (χ1n) is 11.4. The van der Waals surface area contributed by atoms with Crippen molar-refractivity contribution in [2.24, 2.45) is 0 Å². The molecule has 0 aliphatic carbocycles. The van der Waals surface area contributed by atoms with Crippen LogP contribution in [-0.4, -0.2) is 44.8 Å². The molecule has 0 saturated carbocycles. The number of carbonyl (C=O) groups is 1. The van der Waals surface area contributed by atoms with E-state index in [1.54, 1.807) is 0 Å². The van der Waals surface area contributed by atoms with Gasteiger partial charge >= 0.3 is 0 Å². The second-order valence-electron chi connectivity index (χ2n) is 8.26. The van der Waals surface area contributed by atoms with Gasteiger partial charge in [0.05, 0.1) is 23.5 Å². The maximum Gasteiger partial charge on any atom is 0.243 e. The molecule has 1 saturated heterocycles. The monoisotopic (exact) mass is 436 g/mol. The Kier molecular flexibility index (Phi) is 6.30. The first-order valence-corrected chi connectivity index (χ1v) is 11.4. The summed E-state index contributed by atoms with van der Waals surface area (Å²) < 4.78 is 7.58. The summed E-state index contributed by atoms with van der Waals surface area (Å²) in [5.41, 5.74) is 4.91. The Morgan fingerprint density at radius 3 is 2.72 bits per heavy atom. The highest BCUT2D eigenvalue weighted by Gasteiger charge is 2.33. The van der Waals surface area contributed by atoms with Crippen molar-refractivity contribution in [1.82, 2.24) is 25.1 Å². The number of benzene rings is 1. The Morgan fingerprint density at radius 1 is 1.19 bits per heavy atom. The Labute approximate surface area is 189 Å². The summed E-state index contributed by atoms with van der Waals surface area (Å²) in [6.07, 6.45) is 1.73. The highest BCUT2D eigenvalue weighted by Crippen LogP contribution is 2.28. The number of aromatic nitrogens is 4. The van der Waals surface area contributed by atoms with E-state index in [4.69, 9.17) is 14.7 Å². The van der Waals surface area contributed by atoms with E-state index in [9.17, 15) is 4.79 Å². The van der Waals surface area contributed by atoms with E-state index in [1.807, 2.05) is 48.6 Å². The van der Waals surface area contributed by atoms with Crippen molar-refractivity contribution in [1.29, 1.82) is 0 Å². The van der Waals surface area contributed by atoms with Gasteiger partial charge in [-0.25, -0.2) is 9.97 Å². The minimum Gasteiger partial charge on any atom is -0.494 e. The molecular weight excluding hydrogens is 404 g/mol. The molecule has 8 nitrogen and oxygen atoms in total. The third-order valence-electron chi connectivity index (χ3n) is 6.24. The highest BCUT2D eigenvalue weighted by molar-refractivity contribution is 5.87. The van der Waals surface area contributed by atoms with E-state index in [0.717, 1.165) is 65.2 Å². The molecule has 32 heavy (non-hydrogen) atoms. The topological polar surface area (TPSA) is 85.2 Å². The number of nitrogens with zero attached hydrogens (tertiary/aromatic N) is 5. The minimum absolute atomic E-state index is 0.0126. The number of aryl methyl sites for hydroxylation is 3. The molecule has 1 N–H and O–H groups in total. The first-order chi connectivity index (χ1) is 15.4. The van der Waals surface area contributed by atoms with Crippen LogP contribution < -0.4 is 15.0 Å². The van der Waals surface area contributed by atoms with Gasteiger partial charge in [-0.05, 0) is 65.7 Å². The van der Waals surface area contributed by atoms with Crippen molar-refractivity contribution in [2.45, 2.75) is 66.6 Å². The molecule has 2 aromatic heterocycles. The first kappa shape index (κ1) is 22.0. The third-order valence-corrected chi connectivity index (χ3v) is 6.24. The van der Waals surface area contributed by atoms with Gasteiger partial charge < -0.3 is 15.0 Å². The molecule has 4 rings (SSSR count). The van der Waals surface area contributed by atoms with Crippen molar-refractivity contribution >= 4 is 22.8 Å². The summed E-state index contributed by atoms with van der Waals surface area (Å²) >= 11 is 0. The molecule has 1 unspecified atom stereocenters. The van der Waals surface area contributed by atoms with Crippen LogP contribution in [0.4, 0.5) is 5.95 Å². The smallest absolute Gasteiger partial charge is 0.243 e. The van der Waals surface area contributed by atoms with E-state index in [0.29, 0.717) is 19.1 Å². The maximum atomic E-state index is 13.1. The molecule has 1 atom stereocenters. The lowest BCUT2D eigenvalue weighted by atomic mass is 10.1. The lowest BCUT2D eigenvalue weighted by Gasteiger charge is -2.24. The number of carbonyl (C=O) groups excluding carboxylic acids is 1. The van der Waals surface area contributed by atoms with Crippen LogP contribution in [0.1, 0.15) is 49.3 Å². The van der Waals surface area contributed by atoms with Gasteiger partial charge in [-0.15, -0.1) is 0 Å². The molecule has 1 aliphatic heterocycles. The molecule has 1 aromatic carbocycles. The molecule has 3 heterocycles. The molecule has 0 spiro atoms. The summed E-state index contributed by atoms with van der Waals surface area (Å²) in [6, 6.07) is 5.60. The fourth-order valence-corrected chi connectivity index (χ4v) is 4.50. The van der Waals surface area contributed by atoms with Crippen molar-refractivity contribution in [3.05, 3.63) is 40.8 Å². The number of ether oxygens (including phenoxy) is 1. The van der Waals surface area contributed by atoms with Crippen LogP contribution in [0.5, 0.6) is 5.75 Å². The van der Waals surface area contributed by atoms with Crippen LogP contribution >= 0.6 is 0 Å². The maximum absolute atomic E-state index is 13.1. The Hall–Kier alpha value is -3.16. The van der Waals surface area contributed by atoms with Gasteiger partial charge in [-0.1, -0.05) is 0 Å². The second kappa shape index (κ2) is 9.14. The second-order valence-corrected chi connectivity index (χ2v) is 8.26. The van der Waals surface area contributed by atoms with Crippen LogP contribution in [0.2, 0.25) is 0 Å². The number of rotatable bonds is 7. The molecular formula is C24H32N6O2. The SMILES string of the molecule is CCOc1ccc2nc(N3CCCC3C(=O)NCc3c(C)nn(CC)c3C)nc(C)c2c1.